The van der Waals surface area contributed by atoms with Crippen LogP contribution in [-0.4, -0.2) is 0 Å². The topological polar surface area (TPSA) is 9.23 Å². The molecule has 1 nitrogen and oxygen atoms in total. The molecule has 1 heteroatoms. The molecule has 1 heterocycles. The van der Waals surface area contributed by atoms with E-state index in [0.717, 1.165) is 5.75 Å². The van der Waals surface area contributed by atoms with Crippen molar-refractivity contribution < 1.29 is 4.74 Å². The predicted octanol–water partition coefficient (Wildman–Crippen LogP) is 3.59. The van der Waals surface area contributed by atoms with Crippen molar-refractivity contribution >= 4 is 0 Å². The Bertz CT molecular complexity index is 331. The molecule has 0 amide bonds. The Morgan fingerprint density at radius 3 is 2.07 bits per heavy atom. The van der Waals surface area contributed by atoms with Gasteiger partial charge in [-0.25, -0.2) is 0 Å². The quantitative estimate of drug-likeness (QED) is 0.692. The highest BCUT2D eigenvalue weighted by atomic mass is 16.5. The molecule has 1 aromatic rings. The predicted molar refractivity (Wildman–Crippen MR) is 58.4 cm³/mol. The van der Waals surface area contributed by atoms with Gasteiger partial charge in [0.25, 0.3) is 0 Å². The molecule has 0 saturated carbocycles. The fraction of sp³-hybridized carbons (Fsp3) is 0.538. The second-order valence-corrected chi connectivity index (χ2v) is 4.70. The van der Waals surface area contributed by atoms with Crippen molar-refractivity contribution in [3.63, 3.8) is 0 Å². The van der Waals surface area contributed by atoms with Crippen LogP contribution in [0.4, 0.5) is 0 Å². The maximum absolute atomic E-state index is 6.00. The lowest BCUT2D eigenvalue weighted by atomic mass is 9.71. The SMILES string of the molecule is CC(C)C1(C(C)C)Oc2ccccc21. The third-order valence-corrected chi connectivity index (χ3v) is 3.30. The zero-order valence-electron chi connectivity index (χ0n) is 9.37. The lowest BCUT2D eigenvalue weighted by Gasteiger charge is -2.50. The van der Waals surface area contributed by atoms with E-state index in [1.807, 2.05) is 6.07 Å². The number of ether oxygens (including phenoxy) is 1. The summed E-state index contributed by atoms with van der Waals surface area (Å²) in [6, 6.07) is 8.38. The van der Waals surface area contributed by atoms with Crippen LogP contribution in [0, 0.1) is 11.8 Å². The summed E-state index contributed by atoms with van der Waals surface area (Å²) in [5.74, 6) is 2.12. The summed E-state index contributed by atoms with van der Waals surface area (Å²) in [5, 5.41) is 0. The summed E-state index contributed by atoms with van der Waals surface area (Å²) >= 11 is 0. The smallest absolute Gasteiger partial charge is 0.142 e. The fourth-order valence-electron chi connectivity index (χ4n) is 2.59. The van der Waals surface area contributed by atoms with Gasteiger partial charge in [-0.1, -0.05) is 45.9 Å². The van der Waals surface area contributed by atoms with E-state index in [4.69, 9.17) is 4.74 Å². The maximum Gasteiger partial charge on any atom is 0.142 e. The number of para-hydroxylation sites is 1. The van der Waals surface area contributed by atoms with Crippen LogP contribution in [0.5, 0.6) is 5.75 Å². The fourth-order valence-corrected chi connectivity index (χ4v) is 2.59. The maximum atomic E-state index is 6.00. The first-order valence-electron chi connectivity index (χ1n) is 5.37. The highest BCUT2D eigenvalue weighted by molar-refractivity contribution is 5.46. The van der Waals surface area contributed by atoms with Gasteiger partial charge in [0, 0.05) is 5.56 Å². The monoisotopic (exact) mass is 190 g/mol. The minimum atomic E-state index is -0.0450. The van der Waals surface area contributed by atoms with Crippen LogP contribution in [0.2, 0.25) is 0 Å². The van der Waals surface area contributed by atoms with Crippen LogP contribution in [0.1, 0.15) is 33.3 Å². The van der Waals surface area contributed by atoms with Crippen LogP contribution >= 0.6 is 0 Å². The van der Waals surface area contributed by atoms with Gasteiger partial charge in [0.05, 0.1) is 0 Å². The van der Waals surface area contributed by atoms with Crippen LogP contribution in [-0.2, 0) is 5.60 Å². The first-order valence-corrected chi connectivity index (χ1v) is 5.37. The third kappa shape index (κ3) is 1.01. The Kier molecular flexibility index (Phi) is 2.06. The van der Waals surface area contributed by atoms with Crippen LogP contribution in [0.15, 0.2) is 24.3 Å². The Labute approximate surface area is 86.1 Å². The van der Waals surface area contributed by atoms with E-state index >= 15 is 0 Å². The molecule has 14 heavy (non-hydrogen) atoms. The van der Waals surface area contributed by atoms with Crippen LogP contribution in [0.25, 0.3) is 0 Å². The molecule has 0 fully saturated rings. The normalized spacial score (nSPS) is 17.6. The molecule has 0 radical (unpaired) electrons. The Morgan fingerprint density at radius 1 is 1.00 bits per heavy atom. The molecular weight excluding hydrogens is 172 g/mol. The Morgan fingerprint density at radius 2 is 1.57 bits per heavy atom. The number of rotatable bonds is 2. The zero-order chi connectivity index (χ0) is 10.3. The van der Waals surface area contributed by atoms with Crippen molar-refractivity contribution in [3.05, 3.63) is 29.8 Å². The second-order valence-electron chi connectivity index (χ2n) is 4.70. The number of benzene rings is 1. The summed E-state index contributed by atoms with van der Waals surface area (Å²) in [6.07, 6.45) is 0. The first-order chi connectivity index (χ1) is 6.59. The van der Waals surface area contributed by atoms with Gasteiger partial charge in [-0.05, 0) is 17.9 Å². The number of hydrogen-bond donors (Lipinski definition) is 0. The van der Waals surface area contributed by atoms with Gasteiger partial charge in [-0.3, -0.25) is 0 Å². The molecule has 1 aliphatic heterocycles. The van der Waals surface area contributed by atoms with Crippen molar-refractivity contribution in [3.8, 4) is 5.75 Å². The summed E-state index contributed by atoms with van der Waals surface area (Å²) < 4.78 is 6.00. The van der Waals surface area contributed by atoms with Crippen molar-refractivity contribution in [2.45, 2.75) is 33.3 Å². The summed E-state index contributed by atoms with van der Waals surface area (Å²) in [7, 11) is 0. The van der Waals surface area contributed by atoms with Gasteiger partial charge in [0.2, 0.25) is 0 Å². The lowest BCUT2D eigenvalue weighted by molar-refractivity contribution is -0.0710. The van der Waals surface area contributed by atoms with E-state index in [2.05, 4.69) is 45.9 Å². The van der Waals surface area contributed by atoms with E-state index in [1.165, 1.54) is 5.56 Å². The van der Waals surface area contributed by atoms with Gasteiger partial charge in [0.1, 0.15) is 11.4 Å². The van der Waals surface area contributed by atoms with Gasteiger partial charge in [0.15, 0.2) is 0 Å². The van der Waals surface area contributed by atoms with E-state index in [-0.39, 0.29) is 5.60 Å². The third-order valence-electron chi connectivity index (χ3n) is 3.30. The standard InChI is InChI=1S/C13H18O/c1-9(2)13(10(3)4)11-7-5-6-8-12(11)14-13/h5-10H,1-4H3. The minimum absolute atomic E-state index is 0.0450. The highest BCUT2D eigenvalue weighted by Gasteiger charge is 2.49. The average molecular weight is 190 g/mol. The highest BCUT2D eigenvalue weighted by Crippen LogP contribution is 2.52. The van der Waals surface area contributed by atoms with Crippen molar-refractivity contribution in [2.75, 3.05) is 0 Å². The van der Waals surface area contributed by atoms with Crippen molar-refractivity contribution in [1.29, 1.82) is 0 Å². The first kappa shape index (κ1) is 9.57. The molecule has 0 aromatic heterocycles. The molecule has 0 saturated heterocycles. The van der Waals surface area contributed by atoms with Crippen molar-refractivity contribution in [1.82, 2.24) is 0 Å². The molecule has 0 bridgehead atoms. The largest absolute Gasteiger partial charge is 0.481 e. The molecule has 0 atom stereocenters. The van der Waals surface area contributed by atoms with Crippen molar-refractivity contribution in [2.24, 2.45) is 11.8 Å². The second kappa shape index (κ2) is 3.01. The molecule has 0 spiro atoms. The van der Waals surface area contributed by atoms with Gasteiger partial charge in [-0.15, -0.1) is 0 Å². The molecule has 76 valence electrons. The van der Waals surface area contributed by atoms with E-state index in [1.54, 1.807) is 0 Å². The van der Waals surface area contributed by atoms with Crippen LogP contribution < -0.4 is 4.74 Å². The summed E-state index contributed by atoms with van der Waals surface area (Å²) in [4.78, 5) is 0. The van der Waals surface area contributed by atoms with Gasteiger partial charge in [-0.2, -0.15) is 0 Å². The van der Waals surface area contributed by atoms with E-state index in [0.29, 0.717) is 11.8 Å². The molecule has 0 N–H and O–H groups in total. The Hall–Kier alpha value is -0.980. The Balaban J connectivity index is 2.46. The minimum Gasteiger partial charge on any atom is -0.481 e. The molecule has 1 aromatic carbocycles. The van der Waals surface area contributed by atoms with E-state index in [9.17, 15) is 0 Å². The molecular formula is C13H18O. The molecule has 1 aliphatic rings. The van der Waals surface area contributed by atoms with E-state index < -0.39 is 0 Å². The van der Waals surface area contributed by atoms with Gasteiger partial charge >= 0.3 is 0 Å². The van der Waals surface area contributed by atoms with Crippen LogP contribution in [0.3, 0.4) is 0 Å². The molecule has 0 aliphatic carbocycles. The molecule has 0 unspecified atom stereocenters. The summed E-state index contributed by atoms with van der Waals surface area (Å²) in [6.45, 7) is 8.93. The zero-order valence-corrected chi connectivity index (χ0v) is 9.37. The lowest BCUT2D eigenvalue weighted by Crippen LogP contribution is -2.50. The average Bonchev–Trinajstić information content (AvgIpc) is 2.06. The number of fused-ring (bicyclic) bond motifs is 1. The molecule has 2 rings (SSSR count). The van der Waals surface area contributed by atoms with Gasteiger partial charge < -0.3 is 4.74 Å². The summed E-state index contributed by atoms with van der Waals surface area (Å²) in [5.41, 5.74) is 1.33. The number of hydrogen-bond acceptors (Lipinski definition) is 1.